The van der Waals surface area contributed by atoms with Gasteiger partial charge in [-0.2, -0.15) is 4.72 Å². The largest absolute Gasteiger partial charge is 0.480 e. The molecule has 1 rings (SSSR count). The van der Waals surface area contributed by atoms with Crippen molar-refractivity contribution in [1.82, 2.24) is 4.72 Å². The Bertz CT molecular complexity index is 438. The topological polar surface area (TPSA) is 83.5 Å². The van der Waals surface area contributed by atoms with Gasteiger partial charge >= 0.3 is 5.97 Å². The van der Waals surface area contributed by atoms with E-state index in [1.165, 1.54) is 0 Å². The Morgan fingerprint density at radius 3 is 2.42 bits per heavy atom. The van der Waals surface area contributed by atoms with Gasteiger partial charge in [-0.15, -0.1) is 0 Å². The van der Waals surface area contributed by atoms with E-state index in [4.69, 9.17) is 0 Å². The highest BCUT2D eigenvalue weighted by atomic mass is 32.2. The predicted molar refractivity (Wildman–Crippen MR) is 74.4 cm³/mol. The minimum atomic E-state index is -3.60. The first-order valence-electron chi connectivity index (χ1n) is 6.71. The zero-order valence-electron chi connectivity index (χ0n) is 12.2. The third-order valence-electron chi connectivity index (χ3n) is 3.38. The Labute approximate surface area is 115 Å². The van der Waals surface area contributed by atoms with Crippen molar-refractivity contribution < 1.29 is 18.3 Å². The maximum absolute atomic E-state index is 12.2. The summed E-state index contributed by atoms with van der Waals surface area (Å²) in [6.45, 7) is 7.43. The van der Waals surface area contributed by atoms with Crippen LogP contribution in [0.15, 0.2) is 0 Å². The van der Waals surface area contributed by atoms with E-state index in [2.05, 4.69) is 4.72 Å². The molecule has 2 unspecified atom stereocenters. The van der Waals surface area contributed by atoms with Crippen molar-refractivity contribution >= 4 is 16.0 Å². The van der Waals surface area contributed by atoms with E-state index in [1.807, 2.05) is 27.7 Å². The summed E-state index contributed by atoms with van der Waals surface area (Å²) < 4.78 is 26.8. The Morgan fingerprint density at radius 2 is 2.00 bits per heavy atom. The van der Waals surface area contributed by atoms with Crippen LogP contribution in [0.25, 0.3) is 0 Å². The Kier molecular flexibility index (Phi) is 4.67. The number of rotatable bonds is 4. The SMILES string of the molecule is CC1CCCC(NS(=O)(=O)CC(C)(C)C)(C(=O)O)C1. The van der Waals surface area contributed by atoms with Crippen molar-refractivity contribution in [1.29, 1.82) is 0 Å². The van der Waals surface area contributed by atoms with Gasteiger partial charge in [0.2, 0.25) is 10.0 Å². The molecule has 0 saturated heterocycles. The van der Waals surface area contributed by atoms with Gasteiger partial charge < -0.3 is 5.11 Å². The zero-order chi connectivity index (χ0) is 14.9. The molecule has 0 spiro atoms. The van der Waals surface area contributed by atoms with Crippen molar-refractivity contribution in [2.75, 3.05) is 5.75 Å². The third kappa shape index (κ3) is 4.76. The molecule has 1 aliphatic rings. The highest BCUT2D eigenvalue weighted by molar-refractivity contribution is 7.89. The standard InChI is InChI=1S/C13H25NO4S/c1-10-6-5-7-13(8-10,11(15)16)14-19(17,18)9-12(2,3)4/h10,14H,5-9H2,1-4H3,(H,15,16). The molecule has 0 radical (unpaired) electrons. The van der Waals surface area contributed by atoms with Crippen LogP contribution >= 0.6 is 0 Å². The molecule has 0 aromatic carbocycles. The smallest absolute Gasteiger partial charge is 0.324 e. The lowest BCUT2D eigenvalue weighted by molar-refractivity contribution is -0.146. The van der Waals surface area contributed by atoms with Gasteiger partial charge in [-0.25, -0.2) is 8.42 Å². The van der Waals surface area contributed by atoms with Crippen LogP contribution in [0, 0.1) is 11.3 Å². The summed E-state index contributed by atoms with van der Waals surface area (Å²) in [5.74, 6) is -0.901. The molecule has 6 heteroatoms. The fourth-order valence-electron chi connectivity index (χ4n) is 2.79. The van der Waals surface area contributed by atoms with Gasteiger partial charge in [0.05, 0.1) is 5.75 Å². The third-order valence-corrected chi connectivity index (χ3v) is 5.33. The van der Waals surface area contributed by atoms with Crippen molar-refractivity contribution in [2.24, 2.45) is 11.3 Å². The molecule has 1 fully saturated rings. The van der Waals surface area contributed by atoms with Gasteiger partial charge in [0.1, 0.15) is 5.54 Å². The summed E-state index contributed by atoms with van der Waals surface area (Å²) in [5.41, 5.74) is -1.71. The molecule has 19 heavy (non-hydrogen) atoms. The van der Waals surface area contributed by atoms with Crippen LogP contribution in [0.2, 0.25) is 0 Å². The first-order chi connectivity index (χ1) is 8.46. The quantitative estimate of drug-likeness (QED) is 0.829. The molecule has 0 aliphatic heterocycles. The van der Waals surface area contributed by atoms with Crippen LogP contribution in [0.5, 0.6) is 0 Å². The molecule has 5 nitrogen and oxygen atoms in total. The van der Waals surface area contributed by atoms with Crippen LogP contribution in [-0.4, -0.2) is 30.8 Å². The minimum Gasteiger partial charge on any atom is -0.480 e. The van der Waals surface area contributed by atoms with E-state index in [0.29, 0.717) is 12.8 Å². The number of nitrogens with one attached hydrogen (secondary N) is 1. The fourth-order valence-corrected chi connectivity index (χ4v) is 4.87. The Balaban J connectivity index is 2.94. The summed E-state index contributed by atoms with van der Waals surface area (Å²) in [6, 6.07) is 0. The number of sulfonamides is 1. The lowest BCUT2D eigenvalue weighted by atomic mass is 9.77. The summed E-state index contributed by atoms with van der Waals surface area (Å²) in [7, 11) is -3.60. The molecule has 0 aromatic rings. The van der Waals surface area contributed by atoms with Crippen molar-refractivity contribution in [3.05, 3.63) is 0 Å². The molecule has 2 atom stereocenters. The second kappa shape index (κ2) is 5.40. The second-order valence-electron chi connectivity index (χ2n) is 7.01. The summed E-state index contributed by atoms with van der Waals surface area (Å²) in [5, 5.41) is 9.44. The first kappa shape index (κ1) is 16.4. The van der Waals surface area contributed by atoms with E-state index in [9.17, 15) is 18.3 Å². The van der Waals surface area contributed by atoms with Crippen LogP contribution in [0.1, 0.15) is 53.4 Å². The van der Waals surface area contributed by atoms with Crippen LogP contribution in [0.3, 0.4) is 0 Å². The van der Waals surface area contributed by atoms with Gasteiger partial charge in [0.25, 0.3) is 0 Å². The molecule has 0 aromatic heterocycles. The van der Waals surface area contributed by atoms with Gasteiger partial charge in [-0.1, -0.05) is 40.5 Å². The van der Waals surface area contributed by atoms with E-state index >= 15 is 0 Å². The van der Waals surface area contributed by atoms with E-state index in [0.717, 1.165) is 12.8 Å². The van der Waals surface area contributed by atoms with Crippen molar-refractivity contribution in [3.8, 4) is 0 Å². The van der Waals surface area contributed by atoms with E-state index in [-0.39, 0.29) is 11.7 Å². The fraction of sp³-hybridized carbons (Fsp3) is 0.923. The average Bonchev–Trinajstić information content (AvgIpc) is 2.11. The molecule has 0 heterocycles. The molecule has 0 amide bonds. The monoisotopic (exact) mass is 291 g/mol. The lowest BCUT2D eigenvalue weighted by Crippen LogP contribution is -2.57. The van der Waals surface area contributed by atoms with Gasteiger partial charge in [-0.05, 0) is 24.2 Å². The van der Waals surface area contributed by atoms with Gasteiger partial charge in [0.15, 0.2) is 0 Å². The Morgan fingerprint density at radius 1 is 1.42 bits per heavy atom. The van der Waals surface area contributed by atoms with Crippen molar-refractivity contribution in [2.45, 2.75) is 58.9 Å². The summed E-state index contributed by atoms with van der Waals surface area (Å²) in [6.07, 6.45) is 2.43. The second-order valence-corrected chi connectivity index (χ2v) is 8.73. The summed E-state index contributed by atoms with van der Waals surface area (Å²) in [4.78, 5) is 11.5. The highest BCUT2D eigenvalue weighted by Crippen LogP contribution is 2.33. The number of hydrogen-bond donors (Lipinski definition) is 2. The predicted octanol–water partition coefficient (Wildman–Crippen LogP) is 1.99. The first-order valence-corrected chi connectivity index (χ1v) is 8.36. The number of carbonyl (C=O) groups is 1. The van der Waals surface area contributed by atoms with Gasteiger partial charge in [0, 0.05) is 0 Å². The molecule has 1 saturated carbocycles. The molecular weight excluding hydrogens is 266 g/mol. The summed E-state index contributed by atoms with van der Waals surface area (Å²) >= 11 is 0. The van der Waals surface area contributed by atoms with Crippen LogP contribution in [-0.2, 0) is 14.8 Å². The maximum atomic E-state index is 12.2. The molecule has 1 aliphatic carbocycles. The van der Waals surface area contributed by atoms with Gasteiger partial charge in [-0.3, -0.25) is 4.79 Å². The van der Waals surface area contributed by atoms with Crippen molar-refractivity contribution in [3.63, 3.8) is 0 Å². The zero-order valence-corrected chi connectivity index (χ0v) is 13.0. The minimum absolute atomic E-state index is 0.0661. The van der Waals surface area contributed by atoms with Crippen LogP contribution in [0.4, 0.5) is 0 Å². The molecular formula is C13H25NO4S. The van der Waals surface area contributed by atoms with Crippen LogP contribution < -0.4 is 4.72 Å². The number of carboxylic acids is 1. The van der Waals surface area contributed by atoms with E-state index < -0.39 is 26.9 Å². The number of carboxylic acid groups (broad SMARTS) is 1. The molecule has 0 bridgehead atoms. The number of hydrogen-bond acceptors (Lipinski definition) is 3. The molecule has 2 N–H and O–H groups in total. The normalized spacial score (nSPS) is 29.2. The van der Waals surface area contributed by atoms with E-state index in [1.54, 1.807) is 0 Å². The Hall–Kier alpha value is -0.620. The highest BCUT2D eigenvalue weighted by Gasteiger charge is 2.45. The lowest BCUT2D eigenvalue weighted by Gasteiger charge is -2.37. The average molecular weight is 291 g/mol. The number of aliphatic carboxylic acids is 1. The maximum Gasteiger partial charge on any atom is 0.324 e. The molecule has 112 valence electrons.